The Kier molecular flexibility index (Phi) is 3.09. The molecule has 0 spiro atoms. The first-order chi connectivity index (χ1) is 8.56. The first-order valence-corrected chi connectivity index (χ1v) is 5.26. The predicted molar refractivity (Wildman–Crippen MR) is 67.9 cm³/mol. The fourth-order valence-corrected chi connectivity index (χ4v) is 1.46. The summed E-state index contributed by atoms with van der Waals surface area (Å²) in [6, 6.07) is 6.41. The summed E-state index contributed by atoms with van der Waals surface area (Å²) in [7, 11) is 0. The lowest BCUT2D eigenvalue weighted by Gasteiger charge is -2.08. The highest BCUT2D eigenvalue weighted by atomic mass is 16.4. The number of hydrogen-bond donors (Lipinski definition) is 3. The van der Waals surface area contributed by atoms with Crippen LogP contribution in [0.4, 0.5) is 17.3 Å². The van der Waals surface area contributed by atoms with Crippen LogP contribution in [0.1, 0.15) is 16.1 Å². The third kappa shape index (κ3) is 2.54. The smallest absolute Gasteiger partial charge is 0.335 e. The monoisotopic (exact) mass is 244 g/mol. The second kappa shape index (κ2) is 4.70. The molecule has 0 bridgehead atoms. The average molecular weight is 244 g/mol. The number of nitrogens with zero attached hydrogens (tertiary/aromatic N) is 2. The number of aromatic carboxylic acids is 1. The van der Waals surface area contributed by atoms with Crippen LogP contribution < -0.4 is 11.1 Å². The van der Waals surface area contributed by atoms with Crippen LogP contribution in [0.2, 0.25) is 0 Å². The van der Waals surface area contributed by atoms with Crippen molar-refractivity contribution < 1.29 is 9.90 Å². The Hall–Kier alpha value is -2.63. The average Bonchev–Trinajstić information content (AvgIpc) is 2.33. The molecule has 4 N–H and O–H groups in total. The van der Waals surface area contributed by atoms with E-state index in [1.165, 1.54) is 12.1 Å². The Morgan fingerprint density at radius 1 is 1.33 bits per heavy atom. The van der Waals surface area contributed by atoms with Crippen molar-refractivity contribution in [1.29, 1.82) is 0 Å². The molecule has 0 radical (unpaired) electrons. The number of aromatic nitrogens is 2. The third-order valence-corrected chi connectivity index (χ3v) is 2.41. The summed E-state index contributed by atoms with van der Waals surface area (Å²) < 4.78 is 0. The van der Waals surface area contributed by atoms with Gasteiger partial charge in [0.1, 0.15) is 0 Å². The number of aryl methyl sites for hydroxylation is 1. The normalized spacial score (nSPS) is 10.1. The van der Waals surface area contributed by atoms with Gasteiger partial charge in [0.2, 0.25) is 5.95 Å². The van der Waals surface area contributed by atoms with Gasteiger partial charge in [0.05, 0.1) is 23.1 Å². The zero-order valence-corrected chi connectivity index (χ0v) is 9.71. The van der Waals surface area contributed by atoms with Gasteiger partial charge in [-0.15, -0.1) is 0 Å². The second-order valence-corrected chi connectivity index (χ2v) is 3.73. The number of anilines is 3. The summed E-state index contributed by atoms with van der Waals surface area (Å²) in [6.07, 6.45) is 1.59. The first kappa shape index (κ1) is 11.8. The van der Waals surface area contributed by atoms with E-state index in [0.29, 0.717) is 0 Å². The van der Waals surface area contributed by atoms with Crippen LogP contribution in [-0.2, 0) is 0 Å². The Labute approximate surface area is 104 Å². The van der Waals surface area contributed by atoms with Gasteiger partial charge in [0.15, 0.2) is 0 Å². The van der Waals surface area contributed by atoms with Gasteiger partial charge in [-0.1, -0.05) is 0 Å². The Morgan fingerprint density at radius 2 is 2.00 bits per heavy atom. The summed E-state index contributed by atoms with van der Waals surface area (Å²) in [5.41, 5.74) is 7.92. The molecule has 18 heavy (non-hydrogen) atoms. The zero-order chi connectivity index (χ0) is 13.1. The van der Waals surface area contributed by atoms with Gasteiger partial charge in [-0.25, -0.2) is 14.8 Å². The molecule has 0 aliphatic rings. The molecule has 92 valence electrons. The lowest BCUT2D eigenvalue weighted by Crippen LogP contribution is -2.01. The maximum atomic E-state index is 10.7. The molecule has 0 saturated carbocycles. The van der Waals surface area contributed by atoms with Gasteiger partial charge in [-0.3, -0.25) is 0 Å². The lowest BCUT2D eigenvalue weighted by atomic mass is 10.2. The maximum Gasteiger partial charge on any atom is 0.335 e. The Balaban J connectivity index is 2.21. The maximum absolute atomic E-state index is 10.7. The van der Waals surface area contributed by atoms with Crippen LogP contribution in [0.5, 0.6) is 0 Å². The highest BCUT2D eigenvalue weighted by Crippen LogP contribution is 2.19. The van der Waals surface area contributed by atoms with E-state index in [-0.39, 0.29) is 11.5 Å². The standard InChI is InChI=1S/C12H12N4O2/c1-7-10(6-14-12(13)15-7)16-9-4-2-8(3-5-9)11(17)18/h2-6,16H,1H3,(H,17,18)(H2,13,14,15). The minimum atomic E-state index is -0.950. The molecule has 0 fully saturated rings. The highest BCUT2D eigenvalue weighted by molar-refractivity contribution is 5.88. The van der Waals surface area contributed by atoms with Crippen LogP contribution >= 0.6 is 0 Å². The minimum absolute atomic E-state index is 0.222. The summed E-state index contributed by atoms with van der Waals surface area (Å²) in [4.78, 5) is 18.6. The van der Waals surface area contributed by atoms with Gasteiger partial charge in [-0.05, 0) is 31.2 Å². The fourth-order valence-electron chi connectivity index (χ4n) is 1.46. The molecule has 1 aromatic heterocycles. The molecule has 1 heterocycles. The summed E-state index contributed by atoms with van der Waals surface area (Å²) in [5, 5.41) is 11.9. The molecule has 6 nitrogen and oxygen atoms in total. The largest absolute Gasteiger partial charge is 0.478 e. The number of hydrogen-bond acceptors (Lipinski definition) is 5. The van der Waals surface area contributed by atoms with Crippen molar-refractivity contribution in [3.05, 3.63) is 41.7 Å². The number of carbonyl (C=O) groups is 1. The molecule has 6 heteroatoms. The minimum Gasteiger partial charge on any atom is -0.478 e. The topological polar surface area (TPSA) is 101 Å². The molecule has 0 saturated heterocycles. The van der Waals surface area contributed by atoms with E-state index in [1.807, 2.05) is 6.92 Å². The highest BCUT2D eigenvalue weighted by Gasteiger charge is 2.04. The van der Waals surface area contributed by atoms with Crippen LogP contribution in [0.25, 0.3) is 0 Å². The lowest BCUT2D eigenvalue weighted by molar-refractivity contribution is 0.0697. The Morgan fingerprint density at radius 3 is 2.56 bits per heavy atom. The summed E-state index contributed by atoms with van der Waals surface area (Å²) in [6.45, 7) is 1.81. The van der Waals surface area contributed by atoms with E-state index < -0.39 is 5.97 Å². The molecule has 2 aromatic rings. The molecular formula is C12H12N4O2. The number of rotatable bonds is 3. The van der Waals surface area contributed by atoms with Gasteiger partial charge in [0.25, 0.3) is 0 Å². The number of nitrogen functional groups attached to an aromatic ring is 1. The van der Waals surface area contributed by atoms with Crippen LogP contribution in [0.3, 0.4) is 0 Å². The fraction of sp³-hybridized carbons (Fsp3) is 0.0833. The van der Waals surface area contributed by atoms with Crippen LogP contribution in [0.15, 0.2) is 30.5 Å². The van der Waals surface area contributed by atoms with Crippen molar-refractivity contribution in [2.75, 3.05) is 11.1 Å². The number of carboxylic acid groups (broad SMARTS) is 1. The second-order valence-electron chi connectivity index (χ2n) is 3.73. The van der Waals surface area contributed by atoms with Crippen LogP contribution in [-0.4, -0.2) is 21.0 Å². The van der Waals surface area contributed by atoms with Gasteiger partial charge in [-0.2, -0.15) is 0 Å². The molecule has 2 rings (SSSR count). The van der Waals surface area contributed by atoms with Gasteiger partial charge < -0.3 is 16.2 Å². The molecule has 0 unspecified atom stereocenters. The molecule has 1 aromatic carbocycles. The predicted octanol–water partition coefficient (Wildman–Crippen LogP) is 1.81. The Bertz CT molecular complexity index is 581. The number of nitrogens with one attached hydrogen (secondary N) is 1. The van der Waals surface area contributed by atoms with E-state index in [4.69, 9.17) is 10.8 Å². The van der Waals surface area contributed by atoms with Crippen molar-refractivity contribution in [3.8, 4) is 0 Å². The van der Waals surface area contributed by atoms with E-state index >= 15 is 0 Å². The number of carboxylic acids is 1. The molecule has 0 aliphatic heterocycles. The molecule has 0 amide bonds. The van der Waals surface area contributed by atoms with E-state index in [9.17, 15) is 4.79 Å². The van der Waals surface area contributed by atoms with Crippen molar-refractivity contribution in [1.82, 2.24) is 9.97 Å². The number of nitrogens with two attached hydrogens (primary N) is 1. The van der Waals surface area contributed by atoms with E-state index in [1.54, 1.807) is 18.3 Å². The summed E-state index contributed by atoms with van der Waals surface area (Å²) in [5.74, 6) is -0.729. The van der Waals surface area contributed by atoms with Crippen molar-refractivity contribution in [2.45, 2.75) is 6.92 Å². The van der Waals surface area contributed by atoms with Gasteiger partial charge >= 0.3 is 5.97 Å². The molecular weight excluding hydrogens is 232 g/mol. The summed E-state index contributed by atoms with van der Waals surface area (Å²) >= 11 is 0. The quantitative estimate of drug-likeness (QED) is 0.761. The molecule has 0 atom stereocenters. The van der Waals surface area contributed by atoms with Gasteiger partial charge in [0, 0.05) is 5.69 Å². The van der Waals surface area contributed by atoms with E-state index in [0.717, 1.165) is 17.1 Å². The third-order valence-electron chi connectivity index (χ3n) is 2.41. The van der Waals surface area contributed by atoms with Crippen LogP contribution in [0, 0.1) is 6.92 Å². The van der Waals surface area contributed by atoms with E-state index in [2.05, 4.69) is 15.3 Å². The van der Waals surface area contributed by atoms with Crippen molar-refractivity contribution in [3.63, 3.8) is 0 Å². The number of benzene rings is 1. The SMILES string of the molecule is Cc1nc(N)ncc1Nc1ccc(C(=O)O)cc1. The van der Waals surface area contributed by atoms with Crippen molar-refractivity contribution in [2.24, 2.45) is 0 Å². The molecule has 0 aliphatic carbocycles. The van der Waals surface area contributed by atoms with Crippen molar-refractivity contribution >= 4 is 23.3 Å². The zero-order valence-electron chi connectivity index (χ0n) is 9.71. The first-order valence-electron chi connectivity index (χ1n) is 5.26.